The number of nitrogens with one attached hydrogen (secondary N) is 1. The van der Waals surface area contributed by atoms with Gasteiger partial charge in [-0.25, -0.2) is 14.4 Å². The van der Waals surface area contributed by atoms with Crippen LogP contribution >= 0.6 is 0 Å². The molecule has 1 unspecified atom stereocenters. The predicted molar refractivity (Wildman–Crippen MR) is 141 cm³/mol. The van der Waals surface area contributed by atoms with Crippen LogP contribution in [-0.4, -0.2) is 37.0 Å². The third kappa shape index (κ3) is 4.43. The Morgan fingerprint density at radius 3 is 2.84 bits per heavy atom. The topological polar surface area (TPSA) is 73.1 Å². The molecule has 0 bridgehead atoms. The fraction of sp³-hybridized carbons (Fsp3) is 0.138. The van der Waals surface area contributed by atoms with Gasteiger partial charge in [-0.3, -0.25) is 4.68 Å². The Bertz CT molecular complexity index is 1750. The number of ether oxygens (including phenoxy) is 1. The van der Waals surface area contributed by atoms with Crippen molar-refractivity contribution in [2.75, 3.05) is 11.9 Å². The van der Waals surface area contributed by atoms with Gasteiger partial charge in [-0.15, -0.1) is 0 Å². The highest BCUT2D eigenvalue weighted by Gasteiger charge is 2.22. The van der Waals surface area contributed by atoms with Gasteiger partial charge in [0.2, 0.25) is 0 Å². The molecule has 1 atom stereocenters. The second kappa shape index (κ2) is 8.83. The van der Waals surface area contributed by atoms with Gasteiger partial charge in [0.05, 0.1) is 43.0 Å². The maximum absolute atomic E-state index is 13.6. The number of nitrogens with zero attached hydrogens (tertiary/aromatic N) is 5. The summed E-state index contributed by atoms with van der Waals surface area (Å²) in [5.41, 5.74) is 5.87. The van der Waals surface area contributed by atoms with Crippen molar-refractivity contribution < 1.29 is 9.13 Å². The molecular weight excluding hydrogens is 467 g/mol. The zero-order chi connectivity index (χ0) is 24.8. The lowest BCUT2D eigenvalue weighted by molar-refractivity contribution is 0.383. The van der Waals surface area contributed by atoms with E-state index in [9.17, 15) is 4.39 Å². The van der Waals surface area contributed by atoms with E-state index in [1.54, 1.807) is 12.4 Å². The van der Waals surface area contributed by atoms with Crippen molar-refractivity contribution >= 4 is 33.3 Å². The van der Waals surface area contributed by atoms with Gasteiger partial charge in [0.15, 0.2) is 0 Å². The van der Waals surface area contributed by atoms with Gasteiger partial charge in [0.25, 0.3) is 0 Å². The first-order valence-electron chi connectivity index (χ1n) is 12.2. The number of anilines is 2. The summed E-state index contributed by atoms with van der Waals surface area (Å²) in [5.74, 6) is 0.496. The van der Waals surface area contributed by atoms with Gasteiger partial charge >= 0.3 is 0 Å². The minimum Gasteiger partial charge on any atom is -0.371 e. The van der Waals surface area contributed by atoms with Crippen LogP contribution in [0, 0.1) is 5.82 Å². The highest BCUT2D eigenvalue weighted by atomic mass is 19.1. The maximum Gasteiger partial charge on any atom is 0.141 e. The van der Waals surface area contributed by atoms with Crippen LogP contribution in [0.3, 0.4) is 0 Å². The van der Waals surface area contributed by atoms with Gasteiger partial charge in [-0.05, 0) is 65.2 Å². The molecule has 1 aliphatic rings. The maximum atomic E-state index is 13.6. The lowest BCUT2D eigenvalue weighted by Crippen LogP contribution is -2.01. The van der Waals surface area contributed by atoms with E-state index in [2.05, 4.69) is 55.5 Å². The highest BCUT2D eigenvalue weighted by Crippen LogP contribution is 2.30. The smallest absolute Gasteiger partial charge is 0.141 e. The number of benzene rings is 3. The van der Waals surface area contributed by atoms with E-state index >= 15 is 0 Å². The van der Waals surface area contributed by atoms with Crippen LogP contribution in [0.5, 0.6) is 0 Å². The van der Waals surface area contributed by atoms with Crippen molar-refractivity contribution in [3.05, 3.63) is 103 Å². The lowest BCUT2D eigenvalue weighted by Gasteiger charge is -2.10. The van der Waals surface area contributed by atoms with Crippen molar-refractivity contribution in [1.29, 1.82) is 0 Å². The Morgan fingerprint density at radius 2 is 1.95 bits per heavy atom. The second-order valence-electron chi connectivity index (χ2n) is 9.34. The van der Waals surface area contributed by atoms with Crippen LogP contribution in [0.1, 0.15) is 5.56 Å². The lowest BCUT2D eigenvalue weighted by atomic mass is 10.1. The molecule has 7 nitrogen and oxygen atoms in total. The molecule has 1 fully saturated rings. The second-order valence-corrected chi connectivity index (χ2v) is 9.34. The molecule has 3 aromatic carbocycles. The summed E-state index contributed by atoms with van der Waals surface area (Å²) in [5, 5.41) is 9.91. The minimum atomic E-state index is -0.244. The average Bonchev–Trinajstić information content (AvgIpc) is 3.45. The Hall–Kier alpha value is -4.56. The van der Waals surface area contributed by atoms with E-state index < -0.39 is 0 Å². The van der Waals surface area contributed by atoms with Crippen LogP contribution in [0.4, 0.5) is 15.9 Å². The molecule has 3 aromatic heterocycles. The highest BCUT2D eigenvalue weighted by molar-refractivity contribution is 5.94. The van der Waals surface area contributed by atoms with Crippen LogP contribution in [-0.2, 0) is 17.8 Å². The summed E-state index contributed by atoms with van der Waals surface area (Å²) >= 11 is 0. The van der Waals surface area contributed by atoms with Gasteiger partial charge in [-0.1, -0.05) is 18.2 Å². The third-order valence-corrected chi connectivity index (χ3v) is 6.66. The predicted octanol–water partition coefficient (Wildman–Crippen LogP) is 5.78. The molecule has 0 amide bonds. The first-order chi connectivity index (χ1) is 18.2. The first-order valence-corrected chi connectivity index (χ1v) is 12.2. The van der Waals surface area contributed by atoms with Crippen LogP contribution in [0.2, 0.25) is 0 Å². The SMILES string of the molecule is Fc1cccc(Cn2ncc3cc(Nc4ncnc5ccc(-c6ccn(CC7CO7)c6)cc45)ccc32)c1. The van der Waals surface area contributed by atoms with Gasteiger partial charge in [-0.2, -0.15) is 5.10 Å². The van der Waals surface area contributed by atoms with Crippen LogP contribution < -0.4 is 5.32 Å². The number of hydrogen-bond donors (Lipinski definition) is 1. The van der Waals surface area contributed by atoms with Gasteiger partial charge in [0, 0.05) is 28.9 Å². The molecule has 0 radical (unpaired) electrons. The number of aromatic nitrogens is 5. The first kappa shape index (κ1) is 21.7. The zero-order valence-corrected chi connectivity index (χ0v) is 19.9. The van der Waals surface area contributed by atoms with Crippen molar-refractivity contribution in [2.45, 2.75) is 19.2 Å². The summed E-state index contributed by atoms with van der Waals surface area (Å²) in [6, 6.07) is 21.0. The molecule has 182 valence electrons. The van der Waals surface area contributed by atoms with Crippen LogP contribution in [0.25, 0.3) is 32.9 Å². The summed E-state index contributed by atoms with van der Waals surface area (Å²) in [6.07, 6.45) is 7.98. The zero-order valence-electron chi connectivity index (χ0n) is 19.9. The minimum absolute atomic E-state index is 0.244. The Kier molecular flexibility index (Phi) is 5.18. The molecule has 4 heterocycles. The Labute approximate surface area is 212 Å². The fourth-order valence-corrected chi connectivity index (χ4v) is 4.71. The summed E-state index contributed by atoms with van der Waals surface area (Å²) in [6.45, 7) is 2.23. The molecular formula is C29H23FN6O. The molecule has 37 heavy (non-hydrogen) atoms. The van der Waals surface area contributed by atoms with E-state index in [1.807, 2.05) is 41.2 Å². The van der Waals surface area contributed by atoms with Gasteiger partial charge in [0.1, 0.15) is 18.0 Å². The standard InChI is InChI=1S/C29H23FN6O/c30-23-3-1-2-19(10-23)14-36-28-7-5-24(11-22(28)13-33-36)34-29-26-12-20(4-6-27(26)31-18-32-29)21-8-9-35(15-21)16-25-17-37-25/h1-13,15,18,25H,14,16-17H2,(H,31,32,34). The number of halogens is 1. The van der Waals surface area contributed by atoms with Crippen molar-refractivity contribution in [3.63, 3.8) is 0 Å². The summed E-state index contributed by atoms with van der Waals surface area (Å²) in [4.78, 5) is 9.00. The number of rotatable bonds is 7. The largest absolute Gasteiger partial charge is 0.371 e. The van der Waals surface area contributed by atoms with E-state index in [0.717, 1.165) is 63.2 Å². The molecule has 1 N–H and O–H groups in total. The van der Waals surface area contributed by atoms with Gasteiger partial charge < -0.3 is 14.6 Å². The van der Waals surface area contributed by atoms with Crippen molar-refractivity contribution in [3.8, 4) is 11.1 Å². The van der Waals surface area contributed by atoms with E-state index in [0.29, 0.717) is 12.6 Å². The Balaban J connectivity index is 1.17. The molecule has 0 saturated carbocycles. The fourth-order valence-electron chi connectivity index (χ4n) is 4.71. The summed E-state index contributed by atoms with van der Waals surface area (Å²) < 4.78 is 23.0. The van der Waals surface area contributed by atoms with Crippen molar-refractivity contribution in [1.82, 2.24) is 24.3 Å². The van der Waals surface area contributed by atoms with Crippen molar-refractivity contribution in [2.24, 2.45) is 0 Å². The molecule has 6 aromatic rings. The van der Waals surface area contributed by atoms with Crippen LogP contribution in [0.15, 0.2) is 91.6 Å². The molecule has 1 aliphatic heterocycles. The van der Waals surface area contributed by atoms with E-state index in [4.69, 9.17) is 4.74 Å². The molecule has 1 saturated heterocycles. The molecule has 8 heteroatoms. The molecule has 0 aliphatic carbocycles. The van der Waals surface area contributed by atoms with E-state index in [1.165, 1.54) is 12.1 Å². The van der Waals surface area contributed by atoms with E-state index in [-0.39, 0.29) is 5.82 Å². The number of epoxide rings is 1. The average molecular weight is 491 g/mol. The molecule has 0 spiro atoms. The summed E-state index contributed by atoms with van der Waals surface area (Å²) in [7, 11) is 0. The number of fused-ring (bicyclic) bond motifs is 2. The quantitative estimate of drug-likeness (QED) is 0.287. The molecule has 7 rings (SSSR count). The Morgan fingerprint density at radius 1 is 1.00 bits per heavy atom. The third-order valence-electron chi connectivity index (χ3n) is 6.66. The normalized spacial score (nSPS) is 14.9. The monoisotopic (exact) mass is 490 g/mol. The number of hydrogen-bond acceptors (Lipinski definition) is 5.